The highest BCUT2D eigenvalue weighted by Crippen LogP contribution is 2.29. The van der Waals surface area contributed by atoms with Gasteiger partial charge in [0, 0.05) is 29.9 Å². The zero-order valence-electron chi connectivity index (χ0n) is 12.0. The van der Waals surface area contributed by atoms with Gasteiger partial charge in [0.05, 0.1) is 11.2 Å². The maximum absolute atomic E-state index is 11.4. The third-order valence-electron chi connectivity index (χ3n) is 3.59. The molecule has 0 fully saturated rings. The summed E-state index contributed by atoms with van der Waals surface area (Å²) in [5.74, 6) is -0.527. The van der Waals surface area contributed by atoms with E-state index < -0.39 is 5.91 Å². The normalized spacial score (nSPS) is 10.5. The van der Waals surface area contributed by atoms with Gasteiger partial charge in [0.2, 0.25) is 0 Å². The zero-order chi connectivity index (χ0) is 15.5. The van der Waals surface area contributed by atoms with Gasteiger partial charge < -0.3 is 4.90 Å². The van der Waals surface area contributed by atoms with Crippen molar-refractivity contribution in [3.63, 3.8) is 0 Å². The number of anilines is 2. The first-order valence-corrected chi connectivity index (χ1v) is 6.82. The molecule has 5 heteroatoms. The predicted molar refractivity (Wildman–Crippen MR) is 85.5 cm³/mol. The topological polar surface area (TPSA) is 65.5 Å². The fourth-order valence-corrected chi connectivity index (χ4v) is 2.40. The van der Waals surface area contributed by atoms with Crippen molar-refractivity contribution >= 4 is 28.2 Å². The van der Waals surface area contributed by atoms with Crippen LogP contribution in [-0.2, 0) is 0 Å². The van der Waals surface area contributed by atoms with Crippen LogP contribution in [0.4, 0.5) is 11.4 Å². The number of nitrogens with zero attached hydrogens (tertiary/aromatic N) is 2. The number of carbonyl (C=O) groups excluding carboxylic acids is 1. The Morgan fingerprint density at radius 3 is 2.55 bits per heavy atom. The van der Waals surface area contributed by atoms with Crippen molar-refractivity contribution in [1.82, 2.24) is 10.5 Å². The fraction of sp³-hybridized carbons (Fsp3) is 0.0588. The number of hydrogen-bond donors (Lipinski definition) is 2. The molecule has 0 atom stereocenters. The molecule has 3 aromatic rings. The summed E-state index contributed by atoms with van der Waals surface area (Å²) in [6.45, 7) is 0. The van der Waals surface area contributed by atoms with Gasteiger partial charge in [0.15, 0.2) is 0 Å². The maximum atomic E-state index is 11.4. The molecular weight excluding hydrogens is 278 g/mol. The second-order valence-corrected chi connectivity index (χ2v) is 4.90. The number of rotatable bonds is 3. The number of nitrogens with one attached hydrogen (secondary N) is 1. The van der Waals surface area contributed by atoms with Gasteiger partial charge in [-0.15, -0.1) is 0 Å². The summed E-state index contributed by atoms with van der Waals surface area (Å²) in [5.41, 5.74) is 4.85. The van der Waals surface area contributed by atoms with Crippen LogP contribution >= 0.6 is 0 Å². The summed E-state index contributed by atoms with van der Waals surface area (Å²) in [4.78, 5) is 17.8. The van der Waals surface area contributed by atoms with Crippen molar-refractivity contribution in [2.75, 3.05) is 11.9 Å². The van der Waals surface area contributed by atoms with E-state index in [1.807, 2.05) is 54.4 Å². The molecule has 1 amide bonds. The fourth-order valence-electron chi connectivity index (χ4n) is 2.40. The Kier molecular flexibility index (Phi) is 3.72. The molecule has 0 aliphatic rings. The van der Waals surface area contributed by atoms with E-state index in [-0.39, 0.29) is 0 Å². The lowest BCUT2D eigenvalue weighted by Gasteiger charge is -2.21. The largest absolute Gasteiger partial charge is 0.343 e. The highest BCUT2D eigenvalue weighted by atomic mass is 16.5. The number of hydroxylamine groups is 1. The highest BCUT2D eigenvalue weighted by Gasteiger charge is 2.10. The van der Waals surface area contributed by atoms with Crippen LogP contribution in [0, 0.1) is 0 Å². The van der Waals surface area contributed by atoms with E-state index in [1.54, 1.807) is 23.8 Å². The number of amides is 1. The van der Waals surface area contributed by atoms with E-state index in [1.165, 1.54) is 0 Å². The van der Waals surface area contributed by atoms with Crippen molar-refractivity contribution < 1.29 is 10.0 Å². The molecule has 1 heterocycles. The first-order chi connectivity index (χ1) is 10.7. The van der Waals surface area contributed by atoms with Gasteiger partial charge in [-0.3, -0.25) is 15.0 Å². The number of hydrogen-bond acceptors (Lipinski definition) is 4. The summed E-state index contributed by atoms with van der Waals surface area (Å²) >= 11 is 0. The van der Waals surface area contributed by atoms with Crippen LogP contribution in [0.15, 0.2) is 60.8 Å². The van der Waals surface area contributed by atoms with E-state index in [0.29, 0.717) is 5.56 Å². The molecule has 0 aliphatic carbocycles. The Morgan fingerprint density at radius 2 is 1.82 bits per heavy atom. The Morgan fingerprint density at radius 1 is 1.09 bits per heavy atom. The van der Waals surface area contributed by atoms with Crippen LogP contribution in [0.3, 0.4) is 0 Å². The van der Waals surface area contributed by atoms with Crippen molar-refractivity contribution in [3.05, 3.63) is 66.4 Å². The lowest BCUT2D eigenvalue weighted by Crippen LogP contribution is -2.18. The molecule has 2 N–H and O–H groups in total. The van der Waals surface area contributed by atoms with Gasteiger partial charge in [-0.25, -0.2) is 5.48 Å². The molecule has 5 nitrogen and oxygen atoms in total. The molecule has 110 valence electrons. The Bertz CT molecular complexity index is 810. The van der Waals surface area contributed by atoms with Gasteiger partial charge in [-0.1, -0.05) is 18.2 Å². The molecule has 3 rings (SSSR count). The number of para-hydroxylation sites is 1. The average molecular weight is 293 g/mol. The second-order valence-electron chi connectivity index (χ2n) is 4.90. The van der Waals surface area contributed by atoms with Crippen LogP contribution in [0.25, 0.3) is 10.9 Å². The lowest BCUT2D eigenvalue weighted by atomic mass is 10.1. The van der Waals surface area contributed by atoms with Gasteiger partial charge in [-0.2, -0.15) is 0 Å². The predicted octanol–water partition coefficient (Wildman–Crippen LogP) is 3.12. The van der Waals surface area contributed by atoms with Crippen LogP contribution < -0.4 is 10.4 Å². The third kappa shape index (κ3) is 2.49. The number of aromatic nitrogens is 1. The summed E-state index contributed by atoms with van der Waals surface area (Å²) < 4.78 is 0. The average Bonchev–Trinajstić information content (AvgIpc) is 2.60. The summed E-state index contributed by atoms with van der Waals surface area (Å²) in [5, 5.41) is 9.72. The van der Waals surface area contributed by atoms with Crippen molar-refractivity contribution in [2.24, 2.45) is 0 Å². The molecule has 0 saturated carbocycles. The first kappa shape index (κ1) is 14.0. The highest BCUT2D eigenvalue weighted by molar-refractivity contribution is 5.95. The van der Waals surface area contributed by atoms with Gasteiger partial charge in [0.1, 0.15) is 0 Å². The van der Waals surface area contributed by atoms with E-state index in [2.05, 4.69) is 4.98 Å². The van der Waals surface area contributed by atoms with E-state index in [9.17, 15) is 4.79 Å². The summed E-state index contributed by atoms with van der Waals surface area (Å²) in [7, 11) is 1.95. The van der Waals surface area contributed by atoms with Crippen molar-refractivity contribution in [1.29, 1.82) is 0 Å². The molecular formula is C17H15N3O2. The maximum Gasteiger partial charge on any atom is 0.274 e. The molecule has 22 heavy (non-hydrogen) atoms. The molecule has 2 aromatic carbocycles. The minimum atomic E-state index is -0.527. The van der Waals surface area contributed by atoms with Crippen LogP contribution in [0.1, 0.15) is 10.4 Å². The first-order valence-electron chi connectivity index (χ1n) is 6.82. The minimum absolute atomic E-state index is 0.399. The number of pyridine rings is 1. The van der Waals surface area contributed by atoms with Crippen molar-refractivity contribution in [2.45, 2.75) is 0 Å². The summed E-state index contributed by atoms with van der Waals surface area (Å²) in [6.07, 6.45) is 1.77. The Hall–Kier alpha value is -2.92. The molecule has 0 aliphatic heterocycles. The number of fused-ring (bicyclic) bond motifs is 1. The molecule has 0 saturated heterocycles. The third-order valence-corrected chi connectivity index (χ3v) is 3.59. The van der Waals surface area contributed by atoms with E-state index in [0.717, 1.165) is 22.3 Å². The van der Waals surface area contributed by atoms with Gasteiger partial charge in [0.25, 0.3) is 5.91 Å². The van der Waals surface area contributed by atoms with E-state index in [4.69, 9.17) is 5.21 Å². The van der Waals surface area contributed by atoms with Crippen LogP contribution in [0.2, 0.25) is 0 Å². The molecule has 0 spiro atoms. The van der Waals surface area contributed by atoms with E-state index >= 15 is 0 Å². The zero-order valence-corrected chi connectivity index (χ0v) is 12.0. The Balaban J connectivity index is 1.99. The smallest absolute Gasteiger partial charge is 0.274 e. The summed E-state index contributed by atoms with van der Waals surface area (Å²) in [6, 6.07) is 16.9. The van der Waals surface area contributed by atoms with Gasteiger partial charge >= 0.3 is 0 Å². The standard InChI is InChI=1S/C17H15N3O2/c1-20(14-9-7-13(8-10-14)17(21)19-22)15-6-2-4-12-5-3-11-18-16(12)15/h2-11,22H,1H3,(H,19,21). The molecule has 0 bridgehead atoms. The van der Waals surface area contributed by atoms with Crippen LogP contribution in [-0.4, -0.2) is 23.1 Å². The number of benzene rings is 2. The van der Waals surface area contributed by atoms with Crippen LogP contribution in [0.5, 0.6) is 0 Å². The Labute approximate surface area is 127 Å². The second kappa shape index (κ2) is 5.83. The molecule has 0 unspecified atom stereocenters. The SMILES string of the molecule is CN(c1ccc(C(=O)NO)cc1)c1cccc2cccnc12. The number of carbonyl (C=O) groups is 1. The minimum Gasteiger partial charge on any atom is -0.343 e. The van der Waals surface area contributed by atoms with Gasteiger partial charge in [-0.05, 0) is 36.4 Å². The quantitative estimate of drug-likeness (QED) is 0.575. The molecule has 1 aromatic heterocycles. The lowest BCUT2D eigenvalue weighted by molar-refractivity contribution is 0.0706. The molecule has 0 radical (unpaired) electrons. The van der Waals surface area contributed by atoms with Crippen molar-refractivity contribution in [3.8, 4) is 0 Å². The monoisotopic (exact) mass is 293 g/mol.